The van der Waals surface area contributed by atoms with Crippen molar-refractivity contribution in [2.75, 3.05) is 11.5 Å². The van der Waals surface area contributed by atoms with Gasteiger partial charge in [-0.3, -0.25) is 0 Å². The number of rotatable bonds is 1. The van der Waals surface area contributed by atoms with Crippen molar-refractivity contribution in [2.24, 2.45) is 0 Å². The van der Waals surface area contributed by atoms with Crippen molar-refractivity contribution in [3.05, 3.63) is 42.5 Å². The number of nitrogen functional groups attached to an aromatic ring is 2. The van der Waals surface area contributed by atoms with Gasteiger partial charge in [-0.05, 0) is 35.4 Å². The van der Waals surface area contributed by atoms with Gasteiger partial charge >= 0.3 is 0 Å². The molecule has 0 bridgehead atoms. The number of aromatic nitrogens is 1. The first-order chi connectivity index (χ1) is 8.22. The van der Waals surface area contributed by atoms with Crippen LogP contribution in [0.25, 0.3) is 21.3 Å². The molecule has 4 N–H and O–H groups in total. The minimum absolute atomic E-state index is 0.602. The molecule has 2 aromatic carbocycles. The molecule has 0 amide bonds. The molecule has 3 aromatic rings. The Hall–Kier alpha value is -2.07. The number of thiazole rings is 1. The van der Waals surface area contributed by atoms with Crippen LogP contribution >= 0.6 is 11.3 Å². The molecule has 0 aliphatic rings. The third kappa shape index (κ3) is 1.83. The first-order valence-electron chi connectivity index (χ1n) is 5.24. The smallest absolute Gasteiger partial charge is 0.181 e. The Bertz CT molecular complexity index is 688. The van der Waals surface area contributed by atoms with Gasteiger partial charge in [0.15, 0.2) is 5.13 Å². The van der Waals surface area contributed by atoms with E-state index in [4.69, 9.17) is 11.5 Å². The number of nitrogens with two attached hydrogens (primary N) is 2. The molecular formula is C13H11N3S. The van der Waals surface area contributed by atoms with Gasteiger partial charge in [0.25, 0.3) is 0 Å². The largest absolute Gasteiger partial charge is 0.399 e. The molecular weight excluding hydrogens is 230 g/mol. The second-order valence-electron chi connectivity index (χ2n) is 3.86. The van der Waals surface area contributed by atoms with Crippen LogP contribution in [0, 0.1) is 0 Å². The fourth-order valence-corrected chi connectivity index (χ4v) is 2.61. The first-order valence-corrected chi connectivity index (χ1v) is 6.06. The summed E-state index contributed by atoms with van der Waals surface area (Å²) >= 11 is 1.50. The molecule has 0 fully saturated rings. The Labute approximate surface area is 103 Å². The van der Waals surface area contributed by atoms with E-state index in [0.717, 1.165) is 27.0 Å². The lowest BCUT2D eigenvalue weighted by Crippen LogP contribution is -1.84. The quantitative estimate of drug-likeness (QED) is 0.643. The monoisotopic (exact) mass is 241 g/mol. The number of hydrogen-bond donors (Lipinski definition) is 2. The molecule has 0 aliphatic carbocycles. The van der Waals surface area contributed by atoms with Gasteiger partial charge < -0.3 is 11.5 Å². The maximum Gasteiger partial charge on any atom is 0.181 e. The zero-order valence-corrected chi connectivity index (χ0v) is 9.87. The average molecular weight is 241 g/mol. The Morgan fingerprint density at radius 3 is 2.59 bits per heavy atom. The van der Waals surface area contributed by atoms with Gasteiger partial charge in [0.2, 0.25) is 0 Å². The van der Waals surface area contributed by atoms with E-state index in [1.165, 1.54) is 11.3 Å². The zero-order chi connectivity index (χ0) is 11.8. The van der Waals surface area contributed by atoms with Crippen LogP contribution in [0.5, 0.6) is 0 Å². The van der Waals surface area contributed by atoms with E-state index >= 15 is 0 Å². The summed E-state index contributed by atoms with van der Waals surface area (Å²) in [5.74, 6) is 0. The summed E-state index contributed by atoms with van der Waals surface area (Å²) in [6.07, 6.45) is 0. The van der Waals surface area contributed by atoms with Gasteiger partial charge in [-0.2, -0.15) is 0 Å². The topological polar surface area (TPSA) is 64.9 Å². The van der Waals surface area contributed by atoms with Crippen molar-refractivity contribution < 1.29 is 0 Å². The Morgan fingerprint density at radius 1 is 0.941 bits per heavy atom. The van der Waals surface area contributed by atoms with Crippen molar-refractivity contribution in [3.8, 4) is 11.1 Å². The molecule has 3 nitrogen and oxygen atoms in total. The summed E-state index contributed by atoms with van der Waals surface area (Å²) in [7, 11) is 0. The second kappa shape index (κ2) is 3.75. The van der Waals surface area contributed by atoms with Crippen molar-refractivity contribution >= 4 is 32.4 Å². The van der Waals surface area contributed by atoms with Gasteiger partial charge in [-0.15, -0.1) is 0 Å². The molecule has 3 rings (SSSR count). The maximum absolute atomic E-state index is 5.78. The van der Waals surface area contributed by atoms with Crippen LogP contribution in [0.1, 0.15) is 0 Å². The van der Waals surface area contributed by atoms with E-state index in [1.807, 2.05) is 36.4 Å². The van der Waals surface area contributed by atoms with Crippen LogP contribution in [-0.4, -0.2) is 4.98 Å². The van der Waals surface area contributed by atoms with Gasteiger partial charge in [0.05, 0.1) is 10.2 Å². The van der Waals surface area contributed by atoms with Crippen molar-refractivity contribution in [1.29, 1.82) is 0 Å². The maximum atomic E-state index is 5.78. The second-order valence-corrected chi connectivity index (χ2v) is 4.92. The van der Waals surface area contributed by atoms with E-state index in [-0.39, 0.29) is 0 Å². The van der Waals surface area contributed by atoms with E-state index in [9.17, 15) is 0 Å². The van der Waals surface area contributed by atoms with E-state index in [2.05, 4.69) is 11.1 Å². The van der Waals surface area contributed by atoms with Gasteiger partial charge in [0.1, 0.15) is 0 Å². The molecule has 0 atom stereocenters. The van der Waals surface area contributed by atoms with Crippen LogP contribution in [0.4, 0.5) is 10.8 Å². The lowest BCUT2D eigenvalue weighted by molar-refractivity contribution is 1.49. The predicted molar refractivity (Wildman–Crippen MR) is 73.9 cm³/mol. The Balaban J connectivity index is 2.17. The molecule has 0 aliphatic heterocycles. The first kappa shape index (κ1) is 10.1. The number of anilines is 2. The summed E-state index contributed by atoms with van der Waals surface area (Å²) in [5, 5.41) is 0.602. The minimum atomic E-state index is 0.602. The standard InChI is InChI=1S/C13H11N3S/c14-10-3-1-2-8(6-10)9-4-5-11-12(7-9)17-13(15)16-11/h1-7H,14H2,(H2,15,16). The molecule has 84 valence electrons. The van der Waals surface area contributed by atoms with Crippen LogP contribution in [0.3, 0.4) is 0 Å². The molecule has 17 heavy (non-hydrogen) atoms. The highest BCUT2D eigenvalue weighted by atomic mass is 32.1. The highest BCUT2D eigenvalue weighted by Gasteiger charge is 2.03. The van der Waals surface area contributed by atoms with Crippen LogP contribution in [-0.2, 0) is 0 Å². The molecule has 0 saturated heterocycles. The lowest BCUT2D eigenvalue weighted by Gasteiger charge is -2.02. The highest BCUT2D eigenvalue weighted by Crippen LogP contribution is 2.29. The number of benzene rings is 2. The average Bonchev–Trinajstić information content (AvgIpc) is 2.68. The molecule has 1 heterocycles. The van der Waals surface area contributed by atoms with Crippen molar-refractivity contribution in [2.45, 2.75) is 0 Å². The van der Waals surface area contributed by atoms with E-state index < -0.39 is 0 Å². The van der Waals surface area contributed by atoms with Crippen LogP contribution < -0.4 is 11.5 Å². The summed E-state index contributed by atoms with van der Waals surface area (Å²) in [5.41, 5.74) is 15.4. The fourth-order valence-electron chi connectivity index (χ4n) is 1.84. The fraction of sp³-hybridized carbons (Fsp3) is 0. The SMILES string of the molecule is Nc1cccc(-c2ccc3nc(N)sc3c2)c1. The molecule has 0 spiro atoms. The minimum Gasteiger partial charge on any atom is -0.399 e. The highest BCUT2D eigenvalue weighted by molar-refractivity contribution is 7.22. The van der Waals surface area contributed by atoms with Crippen LogP contribution in [0.2, 0.25) is 0 Å². The summed E-state index contributed by atoms with van der Waals surface area (Å²) in [4.78, 5) is 4.24. The van der Waals surface area contributed by atoms with Gasteiger partial charge in [-0.1, -0.05) is 29.5 Å². The molecule has 4 heteroatoms. The summed E-state index contributed by atoms with van der Waals surface area (Å²) in [6.45, 7) is 0. The molecule has 0 radical (unpaired) electrons. The zero-order valence-electron chi connectivity index (χ0n) is 9.05. The number of hydrogen-bond acceptors (Lipinski definition) is 4. The molecule has 1 aromatic heterocycles. The van der Waals surface area contributed by atoms with Gasteiger partial charge in [0, 0.05) is 5.69 Å². The molecule has 0 saturated carbocycles. The third-order valence-corrected chi connectivity index (χ3v) is 3.47. The lowest BCUT2D eigenvalue weighted by atomic mass is 10.1. The normalized spacial score (nSPS) is 10.8. The predicted octanol–water partition coefficient (Wildman–Crippen LogP) is 3.13. The van der Waals surface area contributed by atoms with Gasteiger partial charge in [-0.25, -0.2) is 4.98 Å². The number of fused-ring (bicyclic) bond motifs is 1. The number of nitrogens with zero attached hydrogens (tertiary/aromatic N) is 1. The van der Waals surface area contributed by atoms with E-state index in [0.29, 0.717) is 5.13 Å². The Morgan fingerprint density at radius 2 is 1.76 bits per heavy atom. The third-order valence-electron chi connectivity index (χ3n) is 2.62. The summed E-state index contributed by atoms with van der Waals surface area (Å²) < 4.78 is 1.10. The summed E-state index contributed by atoms with van der Waals surface area (Å²) in [6, 6.07) is 14.0. The van der Waals surface area contributed by atoms with E-state index in [1.54, 1.807) is 0 Å². The molecule has 0 unspecified atom stereocenters. The Kier molecular flexibility index (Phi) is 2.23. The van der Waals surface area contributed by atoms with Crippen LogP contribution in [0.15, 0.2) is 42.5 Å². The van der Waals surface area contributed by atoms with Crippen molar-refractivity contribution in [3.63, 3.8) is 0 Å². The van der Waals surface area contributed by atoms with Crippen molar-refractivity contribution in [1.82, 2.24) is 4.98 Å².